The van der Waals surface area contributed by atoms with Gasteiger partial charge in [0.25, 0.3) is 5.95 Å². The van der Waals surface area contributed by atoms with Crippen LogP contribution in [0.15, 0.2) is 24.3 Å². The molecule has 2 aromatic rings. The molecule has 0 amide bonds. The summed E-state index contributed by atoms with van der Waals surface area (Å²) in [4.78, 5) is 3.18. The number of para-hydroxylation sites is 1. The minimum atomic E-state index is -1.35. The molecule has 1 N–H and O–H groups in total. The fraction of sp³-hybridized carbons (Fsp3) is 0.154. The van der Waals surface area contributed by atoms with E-state index in [0.717, 1.165) is 0 Å². The van der Waals surface area contributed by atoms with Crippen molar-refractivity contribution in [1.29, 1.82) is 0 Å². The maximum atomic E-state index is 13.4. The van der Waals surface area contributed by atoms with Crippen LogP contribution in [0.5, 0.6) is 11.5 Å². The van der Waals surface area contributed by atoms with Gasteiger partial charge in [-0.3, -0.25) is 0 Å². The molecule has 0 unspecified atom stereocenters. The van der Waals surface area contributed by atoms with Gasteiger partial charge in [0.1, 0.15) is 0 Å². The van der Waals surface area contributed by atoms with Gasteiger partial charge in [-0.15, -0.1) is 0 Å². The van der Waals surface area contributed by atoms with E-state index < -0.39 is 17.6 Å². The lowest BCUT2D eigenvalue weighted by atomic mass is 10.2. The molecule has 1 aromatic carbocycles. The molecule has 0 spiro atoms. The summed E-state index contributed by atoms with van der Waals surface area (Å²) in [7, 11) is 0. The Bertz CT molecular complexity index is 664. The second kappa shape index (κ2) is 4.92. The van der Waals surface area contributed by atoms with Gasteiger partial charge in [0.2, 0.25) is 6.79 Å². The van der Waals surface area contributed by atoms with Crippen molar-refractivity contribution in [2.75, 3.05) is 12.1 Å². The molecule has 2 heterocycles. The number of ether oxygens (including phenoxy) is 2. The first kappa shape index (κ1) is 12.6. The molecule has 0 saturated heterocycles. The number of nitrogens with zero attached hydrogens (tertiary/aromatic N) is 1. The van der Waals surface area contributed by atoms with Crippen molar-refractivity contribution in [3.05, 3.63) is 47.4 Å². The summed E-state index contributed by atoms with van der Waals surface area (Å²) < 4.78 is 49.6. The molecule has 0 fully saturated rings. The summed E-state index contributed by atoms with van der Waals surface area (Å²) >= 11 is 0. The highest BCUT2D eigenvalue weighted by Crippen LogP contribution is 2.35. The molecule has 20 heavy (non-hydrogen) atoms. The topological polar surface area (TPSA) is 43.4 Å². The molecule has 0 bridgehead atoms. The monoisotopic (exact) mass is 282 g/mol. The minimum absolute atomic E-state index is 0.115. The van der Waals surface area contributed by atoms with Crippen molar-refractivity contribution in [2.45, 2.75) is 6.54 Å². The summed E-state index contributed by atoms with van der Waals surface area (Å²) in [5.74, 6) is -2.88. The fourth-order valence-electron chi connectivity index (χ4n) is 1.88. The van der Waals surface area contributed by atoms with Crippen LogP contribution in [0.3, 0.4) is 0 Å². The number of pyridine rings is 1. The van der Waals surface area contributed by atoms with Crippen LogP contribution in [0.1, 0.15) is 5.56 Å². The van der Waals surface area contributed by atoms with Gasteiger partial charge in [0.15, 0.2) is 29.0 Å². The predicted molar refractivity (Wildman–Crippen MR) is 64.0 cm³/mol. The van der Waals surface area contributed by atoms with E-state index in [1.54, 1.807) is 18.2 Å². The maximum Gasteiger partial charge on any atom is 0.251 e. The molecular formula is C13H9F3N2O2. The van der Waals surface area contributed by atoms with Gasteiger partial charge >= 0.3 is 0 Å². The van der Waals surface area contributed by atoms with Crippen molar-refractivity contribution >= 4 is 5.82 Å². The average Bonchev–Trinajstić information content (AvgIpc) is 2.90. The Morgan fingerprint density at radius 2 is 2.00 bits per heavy atom. The van der Waals surface area contributed by atoms with Gasteiger partial charge in [0, 0.05) is 18.2 Å². The van der Waals surface area contributed by atoms with E-state index in [2.05, 4.69) is 10.3 Å². The molecular weight excluding hydrogens is 273 g/mol. The molecule has 104 valence electrons. The first-order chi connectivity index (χ1) is 9.65. The Balaban J connectivity index is 1.81. The summed E-state index contributed by atoms with van der Waals surface area (Å²) in [5, 5.41) is 2.60. The van der Waals surface area contributed by atoms with E-state index in [1.165, 1.54) is 0 Å². The number of anilines is 1. The van der Waals surface area contributed by atoms with Gasteiger partial charge in [-0.1, -0.05) is 12.1 Å². The van der Waals surface area contributed by atoms with Crippen LogP contribution in [0, 0.1) is 17.6 Å². The highest BCUT2D eigenvalue weighted by Gasteiger charge is 2.18. The zero-order chi connectivity index (χ0) is 14.1. The van der Waals surface area contributed by atoms with Crippen LogP contribution in [0.4, 0.5) is 19.0 Å². The van der Waals surface area contributed by atoms with Crippen molar-refractivity contribution in [3.8, 4) is 11.5 Å². The number of aromatic nitrogens is 1. The van der Waals surface area contributed by atoms with Crippen molar-refractivity contribution in [1.82, 2.24) is 4.98 Å². The molecule has 0 aliphatic carbocycles. The lowest BCUT2D eigenvalue weighted by molar-refractivity contribution is 0.173. The molecule has 0 radical (unpaired) electrons. The molecule has 1 aliphatic rings. The first-order valence-electron chi connectivity index (χ1n) is 5.78. The number of halogens is 3. The van der Waals surface area contributed by atoms with Gasteiger partial charge in [-0.25, -0.2) is 8.78 Å². The van der Waals surface area contributed by atoms with E-state index in [-0.39, 0.29) is 19.2 Å². The lowest BCUT2D eigenvalue weighted by Crippen LogP contribution is -2.07. The summed E-state index contributed by atoms with van der Waals surface area (Å²) in [6.45, 7) is 0.256. The molecule has 4 nitrogen and oxygen atoms in total. The Labute approximate surface area is 112 Å². The highest BCUT2D eigenvalue weighted by atomic mass is 19.2. The number of hydrogen-bond donors (Lipinski definition) is 1. The predicted octanol–water partition coefficient (Wildman–Crippen LogP) is 2.84. The van der Waals surface area contributed by atoms with E-state index in [1.807, 2.05) is 0 Å². The second-order valence-electron chi connectivity index (χ2n) is 4.10. The standard InChI is InChI=1S/C13H9F3N2O2/c14-8-4-9(15)13(18-12(8)16)17-5-7-2-1-3-10-11(7)20-6-19-10/h1-4H,5-6H2,(H,17,18). The molecule has 3 rings (SSSR count). The largest absolute Gasteiger partial charge is 0.454 e. The molecule has 1 aliphatic heterocycles. The number of benzene rings is 1. The van der Waals surface area contributed by atoms with Gasteiger partial charge < -0.3 is 14.8 Å². The number of nitrogens with one attached hydrogen (secondary N) is 1. The van der Waals surface area contributed by atoms with Crippen molar-refractivity contribution < 1.29 is 22.6 Å². The normalized spacial score (nSPS) is 12.6. The third kappa shape index (κ3) is 2.22. The molecule has 7 heteroatoms. The quantitative estimate of drug-likeness (QED) is 0.879. The highest BCUT2D eigenvalue weighted by molar-refractivity contribution is 5.49. The Hall–Kier alpha value is -2.44. The van der Waals surface area contributed by atoms with Crippen LogP contribution in [-0.2, 0) is 6.54 Å². The van der Waals surface area contributed by atoms with Crippen LogP contribution in [0.2, 0.25) is 0 Å². The van der Waals surface area contributed by atoms with Crippen LogP contribution < -0.4 is 14.8 Å². The SMILES string of the molecule is Fc1cc(F)c(NCc2cccc3c2OCO3)nc1F. The van der Waals surface area contributed by atoms with E-state index >= 15 is 0 Å². The zero-order valence-corrected chi connectivity index (χ0v) is 10.1. The van der Waals surface area contributed by atoms with Crippen molar-refractivity contribution in [3.63, 3.8) is 0 Å². The Morgan fingerprint density at radius 3 is 2.85 bits per heavy atom. The molecule has 0 atom stereocenters. The number of hydrogen-bond acceptors (Lipinski definition) is 4. The summed E-state index contributed by atoms with van der Waals surface area (Å²) in [6.07, 6.45) is 0. The van der Waals surface area contributed by atoms with Crippen molar-refractivity contribution in [2.24, 2.45) is 0 Å². The third-order valence-electron chi connectivity index (χ3n) is 2.81. The van der Waals surface area contributed by atoms with Crippen LogP contribution in [0.25, 0.3) is 0 Å². The number of rotatable bonds is 3. The van der Waals surface area contributed by atoms with E-state index in [4.69, 9.17) is 9.47 Å². The molecule has 1 aromatic heterocycles. The Kier molecular flexibility index (Phi) is 3.09. The van der Waals surface area contributed by atoms with Gasteiger partial charge in [0.05, 0.1) is 0 Å². The number of fused-ring (bicyclic) bond motifs is 1. The van der Waals surface area contributed by atoms with Gasteiger partial charge in [-0.05, 0) is 6.07 Å². The zero-order valence-electron chi connectivity index (χ0n) is 10.1. The fourth-order valence-corrected chi connectivity index (χ4v) is 1.88. The van der Waals surface area contributed by atoms with Crippen LogP contribution >= 0.6 is 0 Å². The lowest BCUT2D eigenvalue weighted by Gasteiger charge is -2.09. The average molecular weight is 282 g/mol. The van der Waals surface area contributed by atoms with Gasteiger partial charge in [-0.2, -0.15) is 9.37 Å². The Morgan fingerprint density at radius 1 is 1.15 bits per heavy atom. The second-order valence-corrected chi connectivity index (χ2v) is 4.10. The summed E-state index contributed by atoms with van der Waals surface area (Å²) in [6, 6.07) is 5.68. The molecule has 0 saturated carbocycles. The third-order valence-corrected chi connectivity index (χ3v) is 2.81. The first-order valence-corrected chi connectivity index (χ1v) is 5.78. The van der Waals surface area contributed by atoms with E-state index in [9.17, 15) is 13.2 Å². The van der Waals surface area contributed by atoms with Crippen LogP contribution in [-0.4, -0.2) is 11.8 Å². The minimum Gasteiger partial charge on any atom is -0.454 e. The van der Waals surface area contributed by atoms with E-state index in [0.29, 0.717) is 23.1 Å². The maximum absolute atomic E-state index is 13.4. The summed E-state index contributed by atoms with van der Waals surface area (Å²) in [5.41, 5.74) is 0.700. The smallest absolute Gasteiger partial charge is 0.251 e.